The molecule has 1 saturated heterocycles. The Morgan fingerprint density at radius 1 is 1.21 bits per heavy atom. The van der Waals surface area contributed by atoms with E-state index in [-0.39, 0.29) is 17.7 Å². The van der Waals surface area contributed by atoms with E-state index in [9.17, 15) is 9.59 Å². The fourth-order valence-corrected chi connectivity index (χ4v) is 3.21. The second kappa shape index (κ2) is 11.4. The molecule has 0 bridgehead atoms. The van der Waals surface area contributed by atoms with Crippen LogP contribution in [0.4, 0.5) is 0 Å². The molecule has 2 atom stereocenters. The highest BCUT2D eigenvalue weighted by Crippen LogP contribution is 2.22. The number of nitrogens with zero attached hydrogens (tertiary/aromatic N) is 2. The van der Waals surface area contributed by atoms with Crippen LogP contribution in [-0.4, -0.2) is 74.1 Å². The van der Waals surface area contributed by atoms with Crippen LogP contribution in [0.5, 0.6) is 0 Å². The van der Waals surface area contributed by atoms with Crippen LogP contribution in [0.15, 0.2) is 0 Å². The summed E-state index contributed by atoms with van der Waals surface area (Å²) in [6.45, 7) is 10.1. The van der Waals surface area contributed by atoms with Gasteiger partial charge in [-0.1, -0.05) is 13.8 Å². The third-order valence-electron chi connectivity index (χ3n) is 4.67. The Bertz CT molecular complexity index is 384. The smallest absolute Gasteiger partial charge is 0.236 e. The van der Waals surface area contributed by atoms with Gasteiger partial charge in [-0.2, -0.15) is 0 Å². The van der Waals surface area contributed by atoms with Gasteiger partial charge in [-0.15, -0.1) is 0 Å². The topological polar surface area (TPSA) is 61.9 Å². The number of methoxy groups -OCH3 is 1. The van der Waals surface area contributed by atoms with Gasteiger partial charge in [0.25, 0.3) is 0 Å². The number of rotatable bonds is 10. The molecule has 0 aromatic carbocycles. The molecule has 1 aliphatic rings. The Labute approximate surface area is 146 Å². The van der Waals surface area contributed by atoms with E-state index < -0.39 is 0 Å². The molecule has 0 spiro atoms. The van der Waals surface area contributed by atoms with Gasteiger partial charge in [0.2, 0.25) is 11.8 Å². The molecule has 0 aromatic rings. The van der Waals surface area contributed by atoms with E-state index in [0.29, 0.717) is 32.3 Å². The number of ether oxygens (including phenoxy) is 1. The average molecular weight is 341 g/mol. The van der Waals surface area contributed by atoms with Crippen molar-refractivity contribution < 1.29 is 14.3 Å². The summed E-state index contributed by atoms with van der Waals surface area (Å²) in [6, 6.07) is 0.349. The van der Waals surface area contributed by atoms with Crippen molar-refractivity contribution in [1.82, 2.24) is 15.1 Å². The molecule has 6 heteroatoms. The van der Waals surface area contributed by atoms with E-state index in [4.69, 9.17) is 4.74 Å². The maximum atomic E-state index is 12.6. The van der Waals surface area contributed by atoms with Gasteiger partial charge in [-0.05, 0) is 32.6 Å². The molecule has 1 heterocycles. The van der Waals surface area contributed by atoms with E-state index in [2.05, 4.69) is 31.0 Å². The Morgan fingerprint density at radius 3 is 2.46 bits per heavy atom. The predicted octanol–water partition coefficient (Wildman–Crippen LogP) is 1.50. The minimum Gasteiger partial charge on any atom is -0.383 e. The Hall–Kier alpha value is -1.14. The fraction of sp³-hybridized carbons (Fsp3) is 0.889. The van der Waals surface area contributed by atoms with Crippen molar-refractivity contribution in [2.75, 3.05) is 46.4 Å². The minimum atomic E-state index is -0.0309. The second-order valence-corrected chi connectivity index (χ2v) is 6.72. The first-order chi connectivity index (χ1) is 11.5. The van der Waals surface area contributed by atoms with Crippen LogP contribution in [0.2, 0.25) is 0 Å². The van der Waals surface area contributed by atoms with Gasteiger partial charge >= 0.3 is 0 Å². The number of carbonyl (C=O) groups is 2. The number of nitrogens with one attached hydrogen (secondary N) is 1. The lowest BCUT2D eigenvalue weighted by Crippen LogP contribution is -2.51. The van der Waals surface area contributed by atoms with Gasteiger partial charge in [-0.3, -0.25) is 14.5 Å². The molecule has 1 rings (SSSR count). The fourth-order valence-electron chi connectivity index (χ4n) is 3.21. The van der Waals surface area contributed by atoms with Crippen LogP contribution in [0.25, 0.3) is 0 Å². The summed E-state index contributed by atoms with van der Waals surface area (Å²) in [5, 5.41) is 2.92. The van der Waals surface area contributed by atoms with Crippen molar-refractivity contribution in [3.05, 3.63) is 0 Å². The van der Waals surface area contributed by atoms with Crippen LogP contribution in [0.1, 0.15) is 46.5 Å². The molecule has 0 aliphatic carbocycles. The van der Waals surface area contributed by atoms with E-state index >= 15 is 0 Å². The molecule has 1 fully saturated rings. The van der Waals surface area contributed by atoms with Crippen molar-refractivity contribution in [3.63, 3.8) is 0 Å². The van der Waals surface area contributed by atoms with Gasteiger partial charge in [-0.25, -0.2) is 0 Å². The van der Waals surface area contributed by atoms with Gasteiger partial charge in [0.05, 0.1) is 19.1 Å². The molecule has 0 aromatic heterocycles. The van der Waals surface area contributed by atoms with E-state index in [1.54, 1.807) is 7.11 Å². The van der Waals surface area contributed by atoms with Crippen molar-refractivity contribution >= 4 is 11.8 Å². The zero-order valence-electron chi connectivity index (χ0n) is 15.8. The Balaban J connectivity index is 2.55. The first kappa shape index (κ1) is 20.9. The van der Waals surface area contributed by atoms with Crippen molar-refractivity contribution in [2.24, 2.45) is 5.92 Å². The molecule has 1 N–H and O–H groups in total. The Morgan fingerprint density at radius 2 is 1.88 bits per heavy atom. The highest BCUT2D eigenvalue weighted by molar-refractivity contribution is 5.80. The number of carbonyl (C=O) groups excluding carboxylic acids is 2. The van der Waals surface area contributed by atoms with Gasteiger partial charge in [0.1, 0.15) is 0 Å². The number of hydrogen-bond acceptors (Lipinski definition) is 4. The molecule has 24 heavy (non-hydrogen) atoms. The lowest BCUT2D eigenvalue weighted by Gasteiger charge is -2.38. The molecule has 6 nitrogen and oxygen atoms in total. The molecular weight excluding hydrogens is 306 g/mol. The van der Waals surface area contributed by atoms with Gasteiger partial charge in [0.15, 0.2) is 0 Å². The third kappa shape index (κ3) is 6.77. The van der Waals surface area contributed by atoms with Gasteiger partial charge < -0.3 is 15.0 Å². The van der Waals surface area contributed by atoms with E-state index in [1.807, 2.05) is 4.90 Å². The molecule has 0 saturated carbocycles. The monoisotopic (exact) mass is 341 g/mol. The van der Waals surface area contributed by atoms with Crippen molar-refractivity contribution in [3.8, 4) is 0 Å². The minimum absolute atomic E-state index is 0.0309. The third-order valence-corrected chi connectivity index (χ3v) is 4.67. The standard InChI is InChI=1S/C18H35N3O3/c1-5-10-20(11-6-2)17(22)14-21-13-16(8-7-15(21)3)18(23)19-9-12-24-4/h15-16H,5-14H2,1-4H3,(H,19,23). The lowest BCUT2D eigenvalue weighted by atomic mass is 9.92. The molecule has 0 radical (unpaired) electrons. The first-order valence-electron chi connectivity index (χ1n) is 9.31. The summed E-state index contributed by atoms with van der Waals surface area (Å²) in [7, 11) is 1.63. The quantitative estimate of drug-likeness (QED) is 0.612. The van der Waals surface area contributed by atoms with Crippen LogP contribution in [0, 0.1) is 5.92 Å². The summed E-state index contributed by atoms with van der Waals surface area (Å²) in [5.74, 6) is 0.234. The molecular formula is C18H35N3O3. The summed E-state index contributed by atoms with van der Waals surface area (Å²) in [6.07, 6.45) is 3.80. The van der Waals surface area contributed by atoms with Crippen molar-refractivity contribution in [1.29, 1.82) is 0 Å². The zero-order chi connectivity index (χ0) is 17.9. The highest BCUT2D eigenvalue weighted by atomic mass is 16.5. The van der Waals surface area contributed by atoms with E-state index in [0.717, 1.165) is 38.8 Å². The number of amides is 2. The maximum Gasteiger partial charge on any atom is 0.236 e. The maximum absolute atomic E-state index is 12.6. The number of likely N-dealkylation sites (tertiary alicyclic amines) is 1. The summed E-state index contributed by atoms with van der Waals surface area (Å²) < 4.78 is 4.97. The van der Waals surface area contributed by atoms with Crippen LogP contribution < -0.4 is 5.32 Å². The van der Waals surface area contributed by atoms with Gasteiger partial charge in [0, 0.05) is 39.3 Å². The summed E-state index contributed by atoms with van der Waals surface area (Å²) in [5.41, 5.74) is 0. The largest absolute Gasteiger partial charge is 0.383 e. The van der Waals surface area contributed by atoms with Crippen LogP contribution in [0.3, 0.4) is 0 Å². The first-order valence-corrected chi connectivity index (χ1v) is 9.31. The SMILES string of the molecule is CCCN(CCC)C(=O)CN1CC(C(=O)NCCOC)CCC1C. The molecule has 1 aliphatic heterocycles. The van der Waals surface area contributed by atoms with Crippen LogP contribution >= 0.6 is 0 Å². The predicted molar refractivity (Wildman–Crippen MR) is 95.8 cm³/mol. The molecule has 2 amide bonds. The normalized spacial score (nSPS) is 21.5. The lowest BCUT2D eigenvalue weighted by molar-refractivity contribution is -0.135. The van der Waals surface area contributed by atoms with Crippen LogP contribution in [-0.2, 0) is 14.3 Å². The average Bonchev–Trinajstić information content (AvgIpc) is 2.56. The zero-order valence-corrected chi connectivity index (χ0v) is 15.8. The Kier molecular flexibility index (Phi) is 9.95. The number of piperidine rings is 1. The highest BCUT2D eigenvalue weighted by Gasteiger charge is 2.31. The molecule has 2 unspecified atom stereocenters. The summed E-state index contributed by atoms with van der Waals surface area (Å²) in [4.78, 5) is 29.0. The van der Waals surface area contributed by atoms with Crippen molar-refractivity contribution in [2.45, 2.75) is 52.5 Å². The summed E-state index contributed by atoms with van der Waals surface area (Å²) >= 11 is 0. The second-order valence-electron chi connectivity index (χ2n) is 6.72. The number of hydrogen-bond donors (Lipinski definition) is 1. The van der Waals surface area contributed by atoms with E-state index in [1.165, 1.54) is 0 Å². The molecule has 140 valence electrons.